The van der Waals surface area contributed by atoms with Crippen LogP contribution in [0.2, 0.25) is 0 Å². The zero-order valence-electron chi connectivity index (χ0n) is 7.85. The fourth-order valence-corrected chi connectivity index (χ4v) is 1.09. The van der Waals surface area contributed by atoms with Crippen LogP contribution in [0.15, 0.2) is 18.2 Å². The molecule has 0 spiro atoms. The minimum absolute atomic E-state index is 0.829. The molecule has 0 bridgehead atoms. The van der Waals surface area contributed by atoms with Gasteiger partial charge in [0.1, 0.15) is 0 Å². The summed E-state index contributed by atoms with van der Waals surface area (Å²) in [6, 6.07) is 6.22. The van der Waals surface area contributed by atoms with E-state index in [-0.39, 0.29) is 0 Å². The molecule has 2 nitrogen and oxygen atoms in total. The van der Waals surface area contributed by atoms with Gasteiger partial charge >= 0.3 is 0 Å². The Bertz CT molecular complexity index is 258. The highest BCUT2D eigenvalue weighted by molar-refractivity contribution is 5.38. The van der Waals surface area contributed by atoms with Crippen molar-refractivity contribution in [1.82, 2.24) is 5.48 Å². The van der Waals surface area contributed by atoms with Gasteiger partial charge in [0.25, 0.3) is 0 Å². The highest BCUT2D eigenvalue weighted by Gasteiger charge is 2.09. The quantitative estimate of drug-likeness (QED) is 0.637. The third kappa shape index (κ3) is 1.77. The molecular formula is C10H15NO. The van der Waals surface area contributed by atoms with Crippen molar-refractivity contribution in [3.8, 4) is 5.75 Å². The van der Waals surface area contributed by atoms with Crippen molar-refractivity contribution in [3.05, 3.63) is 29.3 Å². The molecule has 12 heavy (non-hydrogen) atoms. The fraction of sp³-hybridized carbons (Fsp3) is 0.400. The average molecular weight is 165 g/mol. The van der Waals surface area contributed by atoms with Crippen molar-refractivity contribution >= 4 is 0 Å². The maximum atomic E-state index is 5.13. The lowest BCUT2D eigenvalue weighted by Crippen LogP contribution is -2.07. The van der Waals surface area contributed by atoms with Crippen molar-refractivity contribution < 1.29 is 4.84 Å². The van der Waals surface area contributed by atoms with Crippen molar-refractivity contribution in [2.24, 2.45) is 0 Å². The standard InChI is InChI=1S/C8H9NO.C2H6/c1-6-2-3-7-5-9-10-8(7)4-6;1-2/h2-4,9H,5H2,1H3;1-2H3. The molecule has 0 amide bonds. The van der Waals surface area contributed by atoms with Gasteiger partial charge in [-0.25, -0.2) is 0 Å². The van der Waals surface area contributed by atoms with Crippen molar-refractivity contribution in [3.63, 3.8) is 0 Å². The number of fused-ring (bicyclic) bond motifs is 1. The van der Waals surface area contributed by atoms with E-state index in [2.05, 4.69) is 24.5 Å². The molecular weight excluding hydrogens is 150 g/mol. The molecule has 0 aliphatic carbocycles. The SMILES string of the molecule is CC.Cc1ccc2c(c1)ONC2. The predicted octanol–water partition coefficient (Wildman–Crippen LogP) is 2.42. The Hall–Kier alpha value is -1.02. The van der Waals surface area contributed by atoms with E-state index in [0.29, 0.717) is 0 Å². The second kappa shape index (κ2) is 4.12. The van der Waals surface area contributed by atoms with Crippen LogP contribution in [0.25, 0.3) is 0 Å². The zero-order valence-corrected chi connectivity index (χ0v) is 7.85. The molecule has 0 radical (unpaired) electrons. The lowest BCUT2D eigenvalue weighted by atomic mass is 10.1. The van der Waals surface area contributed by atoms with Crippen molar-refractivity contribution in [2.45, 2.75) is 27.3 Å². The Morgan fingerprint density at radius 2 is 2.08 bits per heavy atom. The lowest BCUT2D eigenvalue weighted by Gasteiger charge is -1.96. The molecule has 1 N–H and O–H groups in total. The minimum atomic E-state index is 0.829. The molecule has 0 saturated carbocycles. The van der Waals surface area contributed by atoms with E-state index in [9.17, 15) is 0 Å². The molecule has 2 heteroatoms. The smallest absolute Gasteiger partial charge is 0.152 e. The van der Waals surface area contributed by atoms with Gasteiger partial charge in [0, 0.05) is 5.56 Å². The largest absolute Gasteiger partial charge is 0.408 e. The fourth-order valence-electron chi connectivity index (χ4n) is 1.09. The highest BCUT2D eigenvalue weighted by atomic mass is 16.7. The Morgan fingerprint density at radius 3 is 2.83 bits per heavy atom. The molecule has 0 saturated heterocycles. The summed E-state index contributed by atoms with van der Waals surface area (Å²) in [6.45, 7) is 6.89. The van der Waals surface area contributed by atoms with E-state index in [1.54, 1.807) is 0 Å². The van der Waals surface area contributed by atoms with Crippen LogP contribution in [0.4, 0.5) is 0 Å². The van der Waals surface area contributed by atoms with Gasteiger partial charge in [-0.1, -0.05) is 26.0 Å². The number of aryl methyl sites for hydroxylation is 1. The van der Waals surface area contributed by atoms with Crippen LogP contribution in [-0.4, -0.2) is 0 Å². The summed E-state index contributed by atoms with van der Waals surface area (Å²) >= 11 is 0. The molecule has 2 rings (SSSR count). The van der Waals surface area contributed by atoms with Gasteiger partial charge in [0.2, 0.25) is 0 Å². The van der Waals surface area contributed by atoms with Crippen molar-refractivity contribution in [1.29, 1.82) is 0 Å². The minimum Gasteiger partial charge on any atom is -0.408 e. The monoisotopic (exact) mass is 165 g/mol. The van der Waals surface area contributed by atoms with E-state index in [1.165, 1.54) is 11.1 Å². The van der Waals surface area contributed by atoms with E-state index >= 15 is 0 Å². The number of benzene rings is 1. The number of hydrogen-bond donors (Lipinski definition) is 1. The first-order chi connectivity index (χ1) is 5.86. The highest BCUT2D eigenvalue weighted by Crippen LogP contribution is 2.22. The van der Waals surface area contributed by atoms with E-state index in [1.807, 2.05) is 19.9 Å². The number of hydrogen-bond acceptors (Lipinski definition) is 2. The van der Waals surface area contributed by atoms with E-state index in [0.717, 1.165) is 12.3 Å². The maximum absolute atomic E-state index is 5.13. The van der Waals surface area contributed by atoms with Crippen LogP contribution >= 0.6 is 0 Å². The molecule has 1 aliphatic heterocycles. The first-order valence-corrected chi connectivity index (χ1v) is 4.35. The third-order valence-corrected chi connectivity index (χ3v) is 1.67. The molecule has 0 aromatic heterocycles. The van der Waals surface area contributed by atoms with Gasteiger partial charge in [-0.2, -0.15) is 5.48 Å². The van der Waals surface area contributed by atoms with Gasteiger partial charge in [-0.15, -0.1) is 0 Å². The third-order valence-electron chi connectivity index (χ3n) is 1.67. The summed E-state index contributed by atoms with van der Waals surface area (Å²) in [5.74, 6) is 0.972. The van der Waals surface area contributed by atoms with Gasteiger partial charge in [-0.05, 0) is 18.6 Å². The van der Waals surface area contributed by atoms with Crippen LogP contribution < -0.4 is 10.3 Å². The second-order valence-electron chi connectivity index (χ2n) is 2.53. The molecule has 1 aliphatic rings. The Labute approximate surface area is 73.5 Å². The van der Waals surface area contributed by atoms with Crippen LogP contribution in [0.5, 0.6) is 5.75 Å². The molecule has 1 aromatic rings. The Kier molecular flexibility index (Phi) is 3.11. The number of hydroxylamine groups is 1. The van der Waals surface area contributed by atoms with Gasteiger partial charge < -0.3 is 4.84 Å². The summed E-state index contributed by atoms with van der Waals surface area (Å²) < 4.78 is 0. The summed E-state index contributed by atoms with van der Waals surface area (Å²) in [7, 11) is 0. The van der Waals surface area contributed by atoms with Crippen LogP contribution in [0, 0.1) is 6.92 Å². The Morgan fingerprint density at radius 1 is 1.33 bits per heavy atom. The normalized spacial score (nSPS) is 12.6. The van der Waals surface area contributed by atoms with E-state index in [4.69, 9.17) is 4.84 Å². The van der Waals surface area contributed by atoms with Gasteiger partial charge in [0.15, 0.2) is 5.75 Å². The van der Waals surface area contributed by atoms with Crippen LogP contribution in [0.1, 0.15) is 25.0 Å². The summed E-state index contributed by atoms with van der Waals surface area (Å²) in [5.41, 5.74) is 5.29. The number of rotatable bonds is 0. The molecule has 1 heterocycles. The average Bonchev–Trinajstić information content (AvgIpc) is 2.54. The molecule has 0 atom stereocenters. The first kappa shape index (κ1) is 9.07. The second-order valence-corrected chi connectivity index (χ2v) is 2.53. The Balaban J connectivity index is 0.000000336. The zero-order chi connectivity index (χ0) is 8.97. The summed E-state index contributed by atoms with van der Waals surface area (Å²) in [5, 5.41) is 0. The van der Waals surface area contributed by atoms with Crippen LogP contribution in [0.3, 0.4) is 0 Å². The molecule has 0 unspecified atom stereocenters. The van der Waals surface area contributed by atoms with Gasteiger partial charge in [-0.3, -0.25) is 0 Å². The topological polar surface area (TPSA) is 21.3 Å². The first-order valence-electron chi connectivity index (χ1n) is 4.35. The summed E-state index contributed by atoms with van der Waals surface area (Å²) in [6.07, 6.45) is 0. The molecule has 1 aromatic carbocycles. The van der Waals surface area contributed by atoms with Crippen molar-refractivity contribution in [2.75, 3.05) is 0 Å². The molecule has 66 valence electrons. The predicted molar refractivity (Wildman–Crippen MR) is 50.0 cm³/mol. The van der Waals surface area contributed by atoms with Gasteiger partial charge in [0.05, 0.1) is 6.54 Å². The summed E-state index contributed by atoms with van der Waals surface area (Å²) in [4.78, 5) is 5.13. The maximum Gasteiger partial charge on any atom is 0.152 e. The molecule has 0 fully saturated rings. The number of nitrogens with one attached hydrogen (secondary N) is 1. The lowest BCUT2D eigenvalue weighted by molar-refractivity contribution is 0.224. The van der Waals surface area contributed by atoms with Crippen LogP contribution in [-0.2, 0) is 6.54 Å². The van der Waals surface area contributed by atoms with E-state index < -0.39 is 0 Å².